The first-order chi connectivity index (χ1) is 8.56. The first-order valence-corrected chi connectivity index (χ1v) is 6.91. The number of rotatable bonds is 7. The summed E-state index contributed by atoms with van der Waals surface area (Å²) in [5.41, 5.74) is 0.791. The fourth-order valence-electron chi connectivity index (χ4n) is 1.71. The minimum Gasteiger partial charge on any atom is -0.390 e. The van der Waals surface area contributed by atoms with Gasteiger partial charge in [-0.05, 0) is 31.3 Å². The predicted octanol–water partition coefficient (Wildman–Crippen LogP) is 3.11. The van der Waals surface area contributed by atoms with E-state index >= 15 is 0 Å². The maximum Gasteiger partial charge on any atom is 0.0839 e. The lowest BCUT2D eigenvalue weighted by Crippen LogP contribution is -2.35. The molecule has 102 valence electrons. The molecule has 0 saturated heterocycles. The highest BCUT2D eigenvalue weighted by Gasteiger charge is 2.09. The fourth-order valence-corrected chi connectivity index (χ4v) is 2.18. The molecule has 0 fully saturated rings. The Labute approximate surface area is 119 Å². The summed E-state index contributed by atoms with van der Waals surface area (Å²) >= 11 is 11.9. The summed E-state index contributed by atoms with van der Waals surface area (Å²) in [6, 6.07) is 5.27. The molecule has 5 heteroatoms. The molecule has 0 bridgehead atoms. The minimum atomic E-state index is -0.420. The summed E-state index contributed by atoms with van der Waals surface area (Å²) in [7, 11) is 0. The highest BCUT2D eigenvalue weighted by molar-refractivity contribution is 6.36. The largest absolute Gasteiger partial charge is 0.390 e. The van der Waals surface area contributed by atoms with Crippen LogP contribution in [0.15, 0.2) is 18.2 Å². The van der Waals surface area contributed by atoms with Crippen molar-refractivity contribution >= 4 is 28.9 Å². The number of hydrogen-bond acceptors (Lipinski definition) is 3. The molecule has 1 unspecified atom stereocenters. The van der Waals surface area contributed by atoms with Crippen molar-refractivity contribution in [3.8, 4) is 0 Å². The number of aliphatic hydroxyl groups is 1. The third-order valence-electron chi connectivity index (χ3n) is 2.82. The molecular formula is C13H20Cl2N2O. The number of hydrogen-bond donors (Lipinski definition) is 2. The average molecular weight is 291 g/mol. The molecule has 0 heterocycles. The van der Waals surface area contributed by atoms with Crippen molar-refractivity contribution in [2.45, 2.75) is 20.0 Å². The second-order valence-electron chi connectivity index (χ2n) is 4.14. The maximum absolute atomic E-state index is 9.92. The Morgan fingerprint density at radius 2 is 1.94 bits per heavy atom. The van der Waals surface area contributed by atoms with Gasteiger partial charge in [-0.25, -0.2) is 0 Å². The number of nitrogens with zero attached hydrogens (tertiary/aromatic N) is 1. The third-order valence-corrected chi connectivity index (χ3v) is 3.37. The summed E-state index contributed by atoms with van der Waals surface area (Å²) in [4.78, 5) is 2.18. The topological polar surface area (TPSA) is 35.5 Å². The highest BCUT2D eigenvalue weighted by Crippen LogP contribution is 2.25. The third kappa shape index (κ3) is 5.02. The van der Waals surface area contributed by atoms with E-state index in [0.29, 0.717) is 23.1 Å². The lowest BCUT2D eigenvalue weighted by Gasteiger charge is -2.22. The fraction of sp³-hybridized carbons (Fsp3) is 0.538. The van der Waals surface area contributed by atoms with Gasteiger partial charge in [0.05, 0.1) is 16.8 Å². The van der Waals surface area contributed by atoms with Crippen LogP contribution >= 0.6 is 23.2 Å². The van der Waals surface area contributed by atoms with E-state index in [4.69, 9.17) is 23.2 Å². The molecule has 0 aliphatic carbocycles. The van der Waals surface area contributed by atoms with Crippen LogP contribution in [0.5, 0.6) is 0 Å². The molecule has 0 saturated carbocycles. The number of aliphatic hydroxyl groups excluding tert-OH is 1. The van der Waals surface area contributed by atoms with E-state index in [9.17, 15) is 5.11 Å². The summed E-state index contributed by atoms with van der Waals surface area (Å²) in [5.74, 6) is 0. The molecule has 2 N–H and O–H groups in total. The van der Waals surface area contributed by atoms with Crippen molar-refractivity contribution in [3.05, 3.63) is 28.2 Å². The Kier molecular flexibility index (Phi) is 6.79. The van der Waals surface area contributed by atoms with E-state index in [-0.39, 0.29) is 0 Å². The van der Waals surface area contributed by atoms with E-state index < -0.39 is 6.10 Å². The molecule has 1 rings (SSSR count). The summed E-state index contributed by atoms with van der Waals surface area (Å²) in [6.45, 7) is 7.17. The van der Waals surface area contributed by atoms with Crippen molar-refractivity contribution in [3.63, 3.8) is 0 Å². The number of anilines is 1. The first kappa shape index (κ1) is 15.6. The maximum atomic E-state index is 9.92. The average Bonchev–Trinajstić information content (AvgIpc) is 2.35. The van der Waals surface area contributed by atoms with Crippen LogP contribution in [-0.4, -0.2) is 42.3 Å². The number of halogens is 2. The van der Waals surface area contributed by atoms with Gasteiger partial charge in [-0.3, -0.25) is 0 Å². The first-order valence-electron chi connectivity index (χ1n) is 6.16. The number of likely N-dealkylation sites (N-methyl/N-ethyl adjacent to an activating group) is 1. The van der Waals surface area contributed by atoms with E-state index in [1.165, 1.54) is 0 Å². The number of nitrogens with one attached hydrogen (secondary N) is 1. The van der Waals surface area contributed by atoms with Gasteiger partial charge in [-0.2, -0.15) is 0 Å². The van der Waals surface area contributed by atoms with E-state index in [1.54, 1.807) is 12.1 Å². The zero-order chi connectivity index (χ0) is 13.5. The standard InChI is InChI=1S/C13H20Cl2N2O/c1-3-17(4-2)9-11(18)8-16-13-6-5-10(14)7-12(13)15/h5-7,11,16,18H,3-4,8-9H2,1-2H3. The molecule has 0 amide bonds. The molecule has 0 aliphatic heterocycles. The monoisotopic (exact) mass is 290 g/mol. The van der Waals surface area contributed by atoms with Crippen molar-refractivity contribution in [2.75, 3.05) is 31.5 Å². The van der Waals surface area contributed by atoms with Gasteiger partial charge in [0.1, 0.15) is 0 Å². The van der Waals surface area contributed by atoms with Crippen LogP contribution < -0.4 is 5.32 Å². The SMILES string of the molecule is CCN(CC)CC(O)CNc1ccc(Cl)cc1Cl. The lowest BCUT2D eigenvalue weighted by atomic mass is 10.2. The molecule has 1 aromatic rings. The van der Waals surface area contributed by atoms with Crippen molar-refractivity contribution in [2.24, 2.45) is 0 Å². The van der Waals surface area contributed by atoms with E-state index in [1.807, 2.05) is 6.07 Å². The molecular weight excluding hydrogens is 271 g/mol. The summed E-state index contributed by atoms with van der Waals surface area (Å²) < 4.78 is 0. The van der Waals surface area contributed by atoms with Crippen LogP contribution in [0.25, 0.3) is 0 Å². The van der Waals surface area contributed by atoms with Gasteiger partial charge < -0.3 is 15.3 Å². The Bertz CT molecular complexity index is 370. The molecule has 0 radical (unpaired) electrons. The molecule has 0 spiro atoms. The Morgan fingerprint density at radius 1 is 1.28 bits per heavy atom. The molecule has 1 atom stereocenters. The molecule has 1 aromatic carbocycles. The Hall–Kier alpha value is -0.480. The molecule has 3 nitrogen and oxygen atoms in total. The van der Waals surface area contributed by atoms with Crippen molar-refractivity contribution < 1.29 is 5.11 Å². The summed E-state index contributed by atoms with van der Waals surface area (Å²) in [6.07, 6.45) is -0.420. The molecule has 18 heavy (non-hydrogen) atoms. The second kappa shape index (κ2) is 7.85. The van der Waals surface area contributed by atoms with Crippen LogP contribution in [0.1, 0.15) is 13.8 Å². The van der Waals surface area contributed by atoms with E-state index in [0.717, 1.165) is 18.8 Å². The normalized spacial score (nSPS) is 12.8. The van der Waals surface area contributed by atoms with Crippen LogP contribution in [0, 0.1) is 0 Å². The predicted molar refractivity (Wildman–Crippen MR) is 78.7 cm³/mol. The van der Waals surface area contributed by atoms with Gasteiger partial charge in [-0.1, -0.05) is 37.0 Å². The summed E-state index contributed by atoms with van der Waals surface area (Å²) in [5, 5.41) is 14.2. The van der Waals surface area contributed by atoms with Crippen molar-refractivity contribution in [1.29, 1.82) is 0 Å². The lowest BCUT2D eigenvalue weighted by molar-refractivity contribution is 0.128. The number of benzene rings is 1. The van der Waals surface area contributed by atoms with Crippen LogP contribution in [-0.2, 0) is 0 Å². The Balaban J connectivity index is 2.44. The van der Waals surface area contributed by atoms with Crippen LogP contribution in [0.3, 0.4) is 0 Å². The molecule has 0 aromatic heterocycles. The van der Waals surface area contributed by atoms with Gasteiger partial charge in [-0.15, -0.1) is 0 Å². The smallest absolute Gasteiger partial charge is 0.0839 e. The van der Waals surface area contributed by atoms with Crippen LogP contribution in [0.2, 0.25) is 10.0 Å². The molecule has 0 aliphatic rings. The van der Waals surface area contributed by atoms with Gasteiger partial charge in [0.25, 0.3) is 0 Å². The van der Waals surface area contributed by atoms with Crippen molar-refractivity contribution in [1.82, 2.24) is 4.90 Å². The second-order valence-corrected chi connectivity index (χ2v) is 4.99. The minimum absolute atomic E-state index is 0.420. The quantitative estimate of drug-likeness (QED) is 0.810. The highest BCUT2D eigenvalue weighted by atomic mass is 35.5. The van der Waals surface area contributed by atoms with Gasteiger partial charge in [0.15, 0.2) is 0 Å². The van der Waals surface area contributed by atoms with Gasteiger partial charge in [0.2, 0.25) is 0 Å². The zero-order valence-corrected chi connectivity index (χ0v) is 12.3. The van der Waals surface area contributed by atoms with Gasteiger partial charge in [0, 0.05) is 18.1 Å². The Morgan fingerprint density at radius 3 is 2.50 bits per heavy atom. The zero-order valence-electron chi connectivity index (χ0n) is 10.8. The van der Waals surface area contributed by atoms with Gasteiger partial charge >= 0.3 is 0 Å². The van der Waals surface area contributed by atoms with E-state index in [2.05, 4.69) is 24.1 Å². The van der Waals surface area contributed by atoms with Crippen LogP contribution in [0.4, 0.5) is 5.69 Å².